The van der Waals surface area contributed by atoms with Crippen LogP contribution in [-0.4, -0.2) is 27.7 Å². The van der Waals surface area contributed by atoms with Gasteiger partial charge in [0.25, 0.3) is 5.91 Å². The molecule has 1 heterocycles. The number of nitrogens with zero attached hydrogens (tertiary/aromatic N) is 4. The number of hydrogen-bond acceptors (Lipinski definition) is 4. The van der Waals surface area contributed by atoms with Crippen LogP contribution in [-0.2, 0) is 4.79 Å². The van der Waals surface area contributed by atoms with Crippen LogP contribution < -0.4 is 9.64 Å². The number of likely N-dealkylation sites (N-methyl/N-ethyl adjacent to an activating group) is 1. The number of amides is 1. The third-order valence-electron chi connectivity index (χ3n) is 3.72. The van der Waals surface area contributed by atoms with Gasteiger partial charge < -0.3 is 9.64 Å². The first-order chi connectivity index (χ1) is 11.7. The van der Waals surface area contributed by atoms with Crippen molar-refractivity contribution in [2.75, 3.05) is 11.9 Å². The topological polar surface area (TPSA) is 60.2 Å². The molecular weight excluding hydrogens is 304 g/mol. The van der Waals surface area contributed by atoms with Crippen molar-refractivity contribution in [3.8, 4) is 11.5 Å². The molecule has 0 aliphatic carbocycles. The van der Waals surface area contributed by atoms with E-state index in [-0.39, 0.29) is 5.91 Å². The Balaban J connectivity index is 1.85. The highest BCUT2D eigenvalue weighted by Crippen LogP contribution is 2.32. The summed E-state index contributed by atoms with van der Waals surface area (Å²) in [6.45, 7) is 1.79. The Labute approximate surface area is 140 Å². The molecule has 0 saturated heterocycles. The molecule has 3 rings (SSSR count). The molecule has 0 aliphatic heterocycles. The molecule has 0 unspecified atom stereocenters. The number of aromatic nitrogens is 3. The molecule has 0 fully saturated rings. The van der Waals surface area contributed by atoms with E-state index in [1.165, 1.54) is 17.3 Å². The predicted octanol–water partition coefficient (Wildman–Crippen LogP) is 3.29. The fourth-order valence-electron chi connectivity index (χ4n) is 2.37. The first-order valence-electron chi connectivity index (χ1n) is 7.60. The molecule has 0 bridgehead atoms. The maximum Gasteiger partial charge on any atom is 0.251 e. The fraction of sp³-hybridized carbons (Fsp3) is 0.167. The zero-order valence-corrected chi connectivity index (χ0v) is 13.5. The van der Waals surface area contributed by atoms with Gasteiger partial charge >= 0.3 is 0 Å². The van der Waals surface area contributed by atoms with Crippen LogP contribution >= 0.6 is 0 Å². The van der Waals surface area contributed by atoms with Crippen molar-refractivity contribution in [2.45, 2.75) is 13.0 Å². The largest absolute Gasteiger partial charge is 0.455 e. The van der Waals surface area contributed by atoms with Gasteiger partial charge in [-0.1, -0.05) is 30.3 Å². The molecule has 1 aromatic heterocycles. The summed E-state index contributed by atoms with van der Waals surface area (Å²) in [6.07, 6.45) is 2.94. The van der Waals surface area contributed by atoms with Gasteiger partial charge in [-0.15, -0.1) is 0 Å². The maximum absolute atomic E-state index is 12.7. The van der Waals surface area contributed by atoms with E-state index in [0.29, 0.717) is 11.4 Å². The molecule has 0 saturated carbocycles. The van der Waals surface area contributed by atoms with Crippen molar-refractivity contribution in [1.29, 1.82) is 0 Å². The molecule has 2 aromatic carbocycles. The number of rotatable bonds is 5. The Hall–Kier alpha value is -3.15. The lowest BCUT2D eigenvalue weighted by atomic mass is 10.2. The Bertz CT molecular complexity index is 803. The van der Waals surface area contributed by atoms with Gasteiger partial charge in [0, 0.05) is 7.05 Å². The highest BCUT2D eigenvalue weighted by Gasteiger charge is 2.23. The molecule has 122 valence electrons. The lowest BCUT2D eigenvalue weighted by molar-refractivity contribution is -0.121. The van der Waals surface area contributed by atoms with Crippen molar-refractivity contribution < 1.29 is 9.53 Å². The highest BCUT2D eigenvalue weighted by molar-refractivity contribution is 5.96. The first-order valence-corrected chi connectivity index (χ1v) is 7.60. The lowest BCUT2D eigenvalue weighted by Gasteiger charge is -2.23. The number of carbonyl (C=O) groups is 1. The van der Waals surface area contributed by atoms with Crippen molar-refractivity contribution in [2.24, 2.45) is 0 Å². The van der Waals surface area contributed by atoms with Gasteiger partial charge in [-0.3, -0.25) is 4.79 Å². The number of benzene rings is 2. The quantitative estimate of drug-likeness (QED) is 0.723. The Morgan fingerprint density at radius 3 is 2.54 bits per heavy atom. The summed E-state index contributed by atoms with van der Waals surface area (Å²) in [5, 5.41) is 4.03. The number of hydrogen-bond donors (Lipinski definition) is 0. The average Bonchev–Trinajstić information content (AvgIpc) is 3.16. The van der Waals surface area contributed by atoms with E-state index in [0.717, 1.165) is 5.75 Å². The van der Waals surface area contributed by atoms with Crippen LogP contribution in [0.2, 0.25) is 0 Å². The van der Waals surface area contributed by atoms with Crippen LogP contribution in [0.5, 0.6) is 11.5 Å². The van der Waals surface area contributed by atoms with Gasteiger partial charge in [0.1, 0.15) is 24.4 Å². The fourth-order valence-corrected chi connectivity index (χ4v) is 2.37. The van der Waals surface area contributed by atoms with E-state index >= 15 is 0 Å². The summed E-state index contributed by atoms with van der Waals surface area (Å²) in [7, 11) is 1.73. The Morgan fingerprint density at radius 1 is 1.12 bits per heavy atom. The smallest absolute Gasteiger partial charge is 0.251 e. The van der Waals surface area contributed by atoms with E-state index in [2.05, 4.69) is 10.1 Å². The molecule has 6 nitrogen and oxygen atoms in total. The van der Waals surface area contributed by atoms with Gasteiger partial charge in [0.15, 0.2) is 5.75 Å². The highest BCUT2D eigenvalue weighted by atomic mass is 16.5. The van der Waals surface area contributed by atoms with E-state index in [4.69, 9.17) is 4.74 Å². The average molecular weight is 322 g/mol. The zero-order chi connectivity index (χ0) is 16.9. The maximum atomic E-state index is 12.7. The molecule has 1 atom stereocenters. The van der Waals surface area contributed by atoms with Crippen LogP contribution in [0.15, 0.2) is 67.3 Å². The normalized spacial score (nSPS) is 11.8. The molecule has 0 aliphatic rings. The van der Waals surface area contributed by atoms with Crippen LogP contribution in [0.3, 0.4) is 0 Å². The Kier molecular flexibility index (Phi) is 4.56. The summed E-state index contributed by atoms with van der Waals surface area (Å²) in [4.78, 5) is 18.2. The van der Waals surface area contributed by atoms with E-state index in [1.54, 1.807) is 18.9 Å². The van der Waals surface area contributed by atoms with Crippen LogP contribution in [0.1, 0.15) is 13.0 Å². The summed E-state index contributed by atoms with van der Waals surface area (Å²) in [5.74, 6) is 1.23. The van der Waals surface area contributed by atoms with Crippen LogP contribution in [0.25, 0.3) is 0 Å². The number of para-hydroxylation sites is 3. The zero-order valence-electron chi connectivity index (χ0n) is 13.5. The van der Waals surface area contributed by atoms with Gasteiger partial charge in [-0.05, 0) is 31.2 Å². The second kappa shape index (κ2) is 6.95. The van der Waals surface area contributed by atoms with Gasteiger partial charge in [-0.2, -0.15) is 5.10 Å². The number of anilines is 1. The second-order valence-corrected chi connectivity index (χ2v) is 5.33. The molecule has 1 amide bonds. The lowest BCUT2D eigenvalue weighted by Crippen LogP contribution is -2.33. The van der Waals surface area contributed by atoms with Crippen molar-refractivity contribution >= 4 is 11.6 Å². The summed E-state index contributed by atoms with van der Waals surface area (Å²) >= 11 is 0. The summed E-state index contributed by atoms with van der Waals surface area (Å²) in [6, 6.07) is 16.5. The second-order valence-electron chi connectivity index (χ2n) is 5.33. The van der Waals surface area contributed by atoms with Crippen molar-refractivity contribution in [1.82, 2.24) is 14.8 Å². The molecule has 24 heavy (non-hydrogen) atoms. The van der Waals surface area contributed by atoms with Gasteiger partial charge in [0.05, 0.1) is 5.69 Å². The van der Waals surface area contributed by atoms with Crippen molar-refractivity contribution in [3.63, 3.8) is 0 Å². The standard InChI is InChI=1S/C18H18N4O2/c1-14(22-13-19-12-20-22)18(23)21(2)16-10-6-7-11-17(16)24-15-8-4-3-5-9-15/h3-14H,1-2H3/t14-/m1/s1. The molecule has 0 radical (unpaired) electrons. The summed E-state index contributed by atoms with van der Waals surface area (Å²) in [5.41, 5.74) is 0.693. The van der Waals surface area contributed by atoms with Crippen LogP contribution in [0.4, 0.5) is 5.69 Å². The monoisotopic (exact) mass is 322 g/mol. The Morgan fingerprint density at radius 2 is 1.83 bits per heavy atom. The third kappa shape index (κ3) is 3.27. The van der Waals surface area contributed by atoms with Crippen molar-refractivity contribution in [3.05, 3.63) is 67.3 Å². The minimum atomic E-state index is -0.456. The molecular formula is C18H18N4O2. The molecule has 0 spiro atoms. The minimum Gasteiger partial charge on any atom is -0.455 e. The molecule has 6 heteroatoms. The SMILES string of the molecule is C[C@H](C(=O)N(C)c1ccccc1Oc1ccccc1)n1cncn1. The molecule has 0 N–H and O–H groups in total. The van der Waals surface area contributed by atoms with E-state index < -0.39 is 6.04 Å². The van der Waals surface area contributed by atoms with Crippen LogP contribution in [0, 0.1) is 0 Å². The van der Waals surface area contributed by atoms with Gasteiger partial charge in [0.2, 0.25) is 0 Å². The third-order valence-corrected chi connectivity index (χ3v) is 3.72. The summed E-state index contributed by atoms with van der Waals surface area (Å²) < 4.78 is 7.45. The number of ether oxygens (including phenoxy) is 1. The predicted molar refractivity (Wildman–Crippen MR) is 91.1 cm³/mol. The minimum absolute atomic E-state index is 0.107. The number of carbonyl (C=O) groups excluding carboxylic acids is 1. The first kappa shape index (κ1) is 15.7. The molecule has 3 aromatic rings. The van der Waals surface area contributed by atoms with E-state index in [1.807, 2.05) is 54.6 Å². The van der Waals surface area contributed by atoms with Gasteiger partial charge in [-0.25, -0.2) is 9.67 Å². The van der Waals surface area contributed by atoms with E-state index in [9.17, 15) is 4.79 Å².